The number of rotatable bonds is 0. The van der Waals surface area contributed by atoms with Gasteiger partial charge in [-0.25, -0.2) is 4.98 Å². The first-order valence-corrected chi connectivity index (χ1v) is 5.52. The zero-order valence-electron chi connectivity index (χ0n) is 7.20. The van der Waals surface area contributed by atoms with Gasteiger partial charge >= 0.3 is 0 Å². The van der Waals surface area contributed by atoms with Gasteiger partial charge in [0.1, 0.15) is 4.83 Å². The zero-order valence-corrected chi connectivity index (χ0v) is 8.77. The van der Waals surface area contributed by atoms with E-state index in [2.05, 4.69) is 22.5 Å². The van der Waals surface area contributed by atoms with E-state index in [9.17, 15) is 0 Å². The number of thiophene rings is 1. The van der Waals surface area contributed by atoms with E-state index >= 15 is 0 Å². The third-order valence-electron chi connectivity index (χ3n) is 2.20. The van der Waals surface area contributed by atoms with Crippen LogP contribution in [0.3, 0.4) is 0 Å². The highest BCUT2D eigenvalue weighted by Crippen LogP contribution is 2.25. The molecule has 1 nitrogen and oxygen atoms in total. The molecule has 0 N–H and O–H groups in total. The lowest BCUT2D eigenvalue weighted by Crippen LogP contribution is -1.77. The van der Waals surface area contributed by atoms with Crippen LogP contribution in [-0.4, -0.2) is 4.98 Å². The summed E-state index contributed by atoms with van der Waals surface area (Å²) in [6.45, 7) is 0. The van der Waals surface area contributed by atoms with Gasteiger partial charge in [0.15, 0.2) is 0 Å². The highest BCUT2D eigenvalue weighted by atomic mass is 35.5. The quantitative estimate of drug-likeness (QED) is 0.555. The Morgan fingerprint density at radius 1 is 1.07 bits per heavy atom. The summed E-state index contributed by atoms with van der Waals surface area (Å²) in [5.74, 6) is 0. The van der Waals surface area contributed by atoms with E-state index in [0.717, 1.165) is 20.8 Å². The average Bonchev–Trinajstić information content (AvgIpc) is 2.61. The summed E-state index contributed by atoms with van der Waals surface area (Å²) >= 11 is 7.56. The van der Waals surface area contributed by atoms with Crippen molar-refractivity contribution in [1.82, 2.24) is 4.98 Å². The normalized spacial score (nSPS) is 11.2. The van der Waals surface area contributed by atoms with Gasteiger partial charge in [0, 0.05) is 15.8 Å². The van der Waals surface area contributed by atoms with Crippen molar-refractivity contribution in [1.29, 1.82) is 0 Å². The van der Waals surface area contributed by atoms with Crippen LogP contribution in [0.1, 0.15) is 0 Å². The van der Waals surface area contributed by atoms with Gasteiger partial charge in [0.05, 0.1) is 5.52 Å². The van der Waals surface area contributed by atoms with Crippen LogP contribution < -0.4 is 0 Å². The largest absolute Gasteiger partial charge is 0.237 e. The number of benzene rings is 1. The van der Waals surface area contributed by atoms with E-state index in [4.69, 9.17) is 11.6 Å². The summed E-state index contributed by atoms with van der Waals surface area (Å²) in [5.41, 5.74) is 0.965. The van der Waals surface area contributed by atoms with Gasteiger partial charge in [-0.2, -0.15) is 0 Å². The molecule has 0 amide bonds. The minimum Gasteiger partial charge on any atom is -0.237 e. The van der Waals surface area contributed by atoms with Crippen molar-refractivity contribution >= 4 is 44.1 Å². The monoisotopic (exact) mass is 219 g/mol. The first-order chi connectivity index (χ1) is 6.83. The molecule has 0 aliphatic carbocycles. The van der Waals surface area contributed by atoms with E-state index < -0.39 is 0 Å². The molecule has 14 heavy (non-hydrogen) atoms. The van der Waals surface area contributed by atoms with Crippen LogP contribution in [0.15, 0.2) is 35.7 Å². The SMILES string of the molecule is Clc1ccc2cc3ccsc3nc2c1. The number of aromatic nitrogens is 1. The molecule has 0 bridgehead atoms. The maximum Gasteiger partial charge on any atom is 0.123 e. The molecule has 0 saturated carbocycles. The number of halogens is 1. The number of pyridine rings is 1. The van der Waals surface area contributed by atoms with E-state index in [1.807, 2.05) is 18.2 Å². The number of nitrogens with zero attached hydrogens (tertiary/aromatic N) is 1. The van der Waals surface area contributed by atoms with Gasteiger partial charge < -0.3 is 0 Å². The van der Waals surface area contributed by atoms with Crippen LogP contribution in [0.25, 0.3) is 21.1 Å². The Bertz CT molecular complexity index is 615. The Balaban J connectivity index is 2.50. The van der Waals surface area contributed by atoms with Crippen molar-refractivity contribution in [3.05, 3.63) is 40.7 Å². The fraction of sp³-hybridized carbons (Fsp3) is 0. The summed E-state index contributed by atoms with van der Waals surface area (Å²) in [5, 5.41) is 5.13. The molecule has 0 aliphatic heterocycles. The second-order valence-electron chi connectivity index (χ2n) is 3.14. The van der Waals surface area contributed by atoms with Gasteiger partial charge in [-0.15, -0.1) is 11.3 Å². The Hall–Kier alpha value is -1.12. The Morgan fingerprint density at radius 3 is 2.93 bits per heavy atom. The minimum absolute atomic E-state index is 0.737. The van der Waals surface area contributed by atoms with Crippen molar-refractivity contribution < 1.29 is 0 Å². The summed E-state index contributed by atoms with van der Waals surface area (Å²) in [4.78, 5) is 5.60. The highest BCUT2D eigenvalue weighted by Gasteiger charge is 2.00. The van der Waals surface area contributed by atoms with Gasteiger partial charge in [0.2, 0.25) is 0 Å². The highest BCUT2D eigenvalue weighted by molar-refractivity contribution is 7.16. The second kappa shape index (κ2) is 2.94. The molecule has 0 radical (unpaired) electrons. The fourth-order valence-corrected chi connectivity index (χ4v) is 2.45. The number of hydrogen-bond donors (Lipinski definition) is 0. The van der Waals surface area contributed by atoms with Crippen molar-refractivity contribution in [2.75, 3.05) is 0 Å². The molecular formula is C11H6ClNS. The Labute approximate surface area is 90.0 Å². The molecular weight excluding hydrogens is 214 g/mol. The van der Waals surface area contributed by atoms with Crippen LogP contribution in [0.2, 0.25) is 5.02 Å². The maximum absolute atomic E-state index is 5.91. The Morgan fingerprint density at radius 2 is 2.00 bits per heavy atom. The van der Waals surface area contributed by atoms with Gasteiger partial charge in [-0.3, -0.25) is 0 Å². The molecule has 2 heterocycles. The average molecular weight is 220 g/mol. The molecule has 0 unspecified atom stereocenters. The third-order valence-corrected chi connectivity index (χ3v) is 3.26. The van der Waals surface area contributed by atoms with Crippen LogP contribution in [0, 0.1) is 0 Å². The van der Waals surface area contributed by atoms with Crippen LogP contribution in [-0.2, 0) is 0 Å². The van der Waals surface area contributed by atoms with Crippen LogP contribution in [0.5, 0.6) is 0 Å². The maximum atomic E-state index is 5.91. The zero-order chi connectivity index (χ0) is 9.54. The van der Waals surface area contributed by atoms with E-state index in [0.29, 0.717) is 0 Å². The summed E-state index contributed by atoms with van der Waals surface area (Å²) in [7, 11) is 0. The summed E-state index contributed by atoms with van der Waals surface area (Å²) < 4.78 is 0. The smallest absolute Gasteiger partial charge is 0.123 e. The predicted octanol–water partition coefficient (Wildman–Crippen LogP) is 4.10. The van der Waals surface area contributed by atoms with Crippen molar-refractivity contribution in [2.24, 2.45) is 0 Å². The van der Waals surface area contributed by atoms with Gasteiger partial charge in [0.25, 0.3) is 0 Å². The predicted molar refractivity (Wildman–Crippen MR) is 62.1 cm³/mol. The molecule has 3 heteroatoms. The standard InChI is InChI=1S/C11H6ClNS/c12-9-2-1-7-5-8-3-4-14-11(8)13-10(7)6-9/h1-6H. The molecule has 1 aromatic carbocycles. The first-order valence-electron chi connectivity index (χ1n) is 4.26. The van der Waals surface area contributed by atoms with Crippen molar-refractivity contribution in [3.63, 3.8) is 0 Å². The lowest BCUT2D eigenvalue weighted by atomic mass is 10.2. The van der Waals surface area contributed by atoms with Gasteiger partial charge in [-0.1, -0.05) is 17.7 Å². The van der Waals surface area contributed by atoms with E-state index in [1.54, 1.807) is 11.3 Å². The molecule has 0 spiro atoms. The molecule has 0 aliphatic rings. The minimum atomic E-state index is 0.737. The van der Waals surface area contributed by atoms with Crippen molar-refractivity contribution in [2.45, 2.75) is 0 Å². The molecule has 0 atom stereocenters. The number of hydrogen-bond acceptors (Lipinski definition) is 2. The molecule has 3 rings (SSSR count). The lowest BCUT2D eigenvalue weighted by molar-refractivity contribution is 1.54. The van der Waals surface area contributed by atoms with Gasteiger partial charge in [-0.05, 0) is 29.6 Å². The topological polar surface area (TPSA) is 12.9 Å². The van der Waals surface area contributed by atoms with Crippen LogP contribution >= 0.6 is 22.9 Å². The fourth-order valence-electron chi connectivity index (χ4n) is 1.52. The molecule has 2 aromatic heterocycles. The second-order valence-corrected chi connectivity index (χ2v) is 4.47. The summed E-state index contributed by atoms with van der Waals surface area (Å²) in [6, 6.07) is 10.0. The van der Waals surface area contributed by atoms with E-state index in [1.165, 1.54) is 5.39 Å². The molecule has 3 aromatic rings. The van der Waals surface area contributed by atoms with Crippen molar-refractivity contribution in [3.8, 4) is 0 Å². The van der Waals surface area contributed by atoms with E-state index in [-0.39, 0.29) is 0 Å². The molecule has 68 valence electrons. The third kappa shape index (κ3) is 1.19. The van der Waals surface area contributed by atoms with Crippen LogP contribution in [0.4, 0.5) is 0 Å². The Kier molecular flexibility index (Phi) is 1.72. The first kappa shape index (κ1) is 8.21. The number of fused-ring (bicyclic) bond motifs is 2. The lowest BCUT2D eigenvalue weighted by Gasteiger charge is -1.97. The molecule has 0 saturated heterocycles. The summed E-state index contributed by atoms with van der Waals surface area (Å²) in [6.07, 6.45) is 0. The molecule has 0 fully saturated rings.